The Hall–Kier alpha value is -1.63. The molecule has 2 aliphatic rings. The summed E-state index contributed by atoms with van der Waals surface area (Å²) in [4.78, 5) is 35.7. The van der Waals surface area contributed by atoms with Crippen molar-refractivity contribution >= 4 is 17.8 Å². The summed E-state index contributed by atoms with van der Waals surface area (Å²) in [5.41, 5.74) is 0. The molecule has 2 amide bonds. The summed E-state index contributed by atoms with van der Waals surface area (Å²) in [5, 5.41) is 14.6. The zero-order chi connectivity index (χ0) is 14.7. The van der Waals surface area contributed by atoms with Gasteiger partial charge in [-0.2, -0.15) is 0 Å². The first kappa shape index (κ1) is 14.8. The van der Waals surface area contributed by atoms with Crippen molar-refractivity contribution < 1.29 is 19.5 Å². The zero-order valence-electron chi connectivity index (χ0n) is 11.6. The first-order valence-electron chi connectivity index (χ1n) is 6.97. The molecule has 2 rings (SSSR count). The van der Waals surface area contributed by atoms with Gasteiger partial charge in [0.25, 0.3) is 0 Å². The van der Waals surface area contributed by atoms with Gasteiger partial charge in [-0.1, -0.05) is 0 Å². The minimum atomic E-state index is -0.922. The van der Waals surface area contributed by atoms with E-state index in [0.29, 0.717) is 0 Å². The predicted molar refractivity (Wildman–Crippen MR) is 71.0 cm³/mol. The minimum absolute atomic E-state index is 0.0121. The Labute approximate surface area is 117 Å². The molecule has 0 spiro atoms. The highest BCUT2D eigenvalue weighted by molar-refractivity contribution is 5.86. The topological polar surface area (TPSA) is 98.7 Å². The monoisotopic (exact) mass is 283 g/mol. The number of carbonyl (C=O) groups excluding carboxylic acids is 2. The number of amides is 2. The van der Waals surface area contributed by atoms with Gasteiger partial charge in [0, 0.05) is 13.1 Å². The van der Waals surface area contributed by atoms with Crippen LogP contribution in [-0.4, -0.2) is 60.0 Å². The van der Waals surface area contributed by atoms with E-state index < -0.39 is 12.0 Å². The van der Waals surface area contributed by atoms with Crippen molar-refractivity contribution in [1.29, 1.82) is 0 Å². The van der Waals surface area contributed by atoms with Crippen LogP contribution in [0.15, 0.2) is 0 Å². The van der Waals surface area contributed by atoms with E-state index >= 15 is 0 Å². The number of carboxylic acids is 1. The lowest BCUT2D eigenvalue weighted by Crippen LogP contribution is -2.47. The molecule has 0 aromatic carbocycles. The zero-order valence-corrected chi connectivity index (χ0v) is 11.6. The molecule has 0 aromatic rings. The highest BCUT2D eigenvalue weighted by Crippen LogP contribution is 2.32. The lowest BCUT2D eigenvalue weighted by molar-refractivity contribution is -0.140. The number of nitrogens with one attached hydrogen (secondary N) is 2. The van der Waals surface area contributed by atoms with Crippen molar-refractivity contribution in [1.82, 2.24) is 15.5 Å². The maximum Gasteiger partial charge on any atom is 0.320 e. The summed E-state index contributed by atoms with van der Waals surface area (Å²) in [5.74, 6) is -1.23. The summed E-state index contributed by atoms with van der Waals surface area (Å²) in [6, 6.07) is -0.386. The van der Waals surface area contributed by atoms with E-state index in [1.54, 1.807) is 7.05 Å². The summed E-state index contributed by atoms with van der Waals surface area (Å²) < 4.78 is 0. The molecule has 2 fully saturated rings. The lowest BCUT2D eigenvalue weighted by Gasteiger charge is -2.19. The highest BCUT2D eigenvalue weighted by Gasteiger charge is 2.36. The quantitative estimate of drug-likeness (QED) is 0.540. The number of rotatable bonds is 8. The average molecular weight is 283 g/mol. The van der Waals surface area contributed by atoms with Crippen LogP contribution in [0.2, 0.25) is 0 Å². The fraction of sp³-hybridized carbons (Fsp3) is 0.769. The summed E-state index contributed by atoms with van der Waals surface area (Å²) >= 11 is 0. The van der Waals surface area contributed by atoms with Crippen LogP contribution in [0.3, 0.4) is 0 Å². The van der Waals surface area contributed by atoms with Crippen LogP contribution >= 0.6 is 0 Å². The standard InChI is InChI=1S/C13H21N3O4/c1-16(7-10(17)15-9-4-5-9)11(18)6-14-12(13(19)20)8-2-3-8/h8-9,12,14H,2-7H2,1H3,(H,15,17)(H,19,20). The number of carboxylic acid groups (broad SMARTS) is 1. The van der Waals surface area contributed by atoms with E-state index in [1.807, 2.05) is 0 Å². The molecule has 112 valence electrons. The van der Waals surface area contributed by atoms with Crippen LogP contribution in [0.4, 0.5) is 0 Å². The Morgan fingerprint density at radius 2 is 1.90 bits per heavy atom. The molecule has 0 saturated heterocycles. The number of carbonyl (C=O) groups is 3. The molecule has 20 heavy (non-hydrogen) atoms. The number of hydrogen-bond donors (Lipinski definition) is 3. The molecule has 7 nitrogen and oxygen atoms in total. The third-order valence-corrected chi connectivity index (χ3v) is 3.58. The third-order valence-electron chi connectivity index (χ3n) is 3.58. The van der Waals surface area contributed by atoms with E-state index in [9.17, 15) is 14.4 Å². The number of aliphatic carboxylic acids is 1. The molecule has 7 heteroatoms. The maximum atomic E-state index is 11.8. The van der Waals surface area contributed by atoms with Crippen molar-refractivity contribution in [2.45, 2.75) is 37.8 Å². The summed E-state index contributed by atoms with van der Waals surface area (Å²) in [7, 11) is 1.55. The van der Waals surface area contributed by atoms with Crippen LogP contribution in [0, 0.1) is 5.92 Å². The predicted octanol–water partition coefficient (Wildman–Crippen LogP) is -0.824. The van der Waals surface area contributed by atoms with Crippen LogP contribution in [0.5, 0.6) is 0 Å². The van der Waals surface area contributed by atoms with E-state index in [-0.39, 0.29) is 36.9 Å². The second-order valence-corrected chi connectivity index (χ2v) is 5.63. The molecule has 0 bridgehead atoms. The van der Waals surface area contributed by atoms with Crippen LogP contribution in [0.25, 0.3) is 0 Å². The van der Waals surface area contributed by atoms with Crippen molar-refractivity contribution in [2.75, 3.05) is 20.1 Å². The van der Waals surface area contributed by atoms with Gasteiger partial charge in [-0.3, -0.25) is 19.7 Å². The molecule has 2 saturated carbocycles. The molecule has 0 aliphatic heterocycles. The third kappa shape index (κ3) is 4.48. The average Bonchev–Trinajstić information content (AvgIpc) is 3.21. The van der Waals surface area contributed by atoms with Gasteiger partial charge < -0.3 is 15.3 Å². The lowest BCUT2D eigenvalue weighted by atomic mass is 10.2. The molecule has 3 N–H and O–H groups in total. The Bertz CT molecular complexity index is 404. The Morgan fingerprint density at radius 1 is 1.25 bits per heavy atom. The van der Waals surface area contributed by atoms with Crippen LogP contribution < -0.4 is 10.6 Å². The number of likely N-dealkylation sites (N-methyl/N-ethyl adjacent to an activating group) is 1. The number of nitrogens with zero attached hydrogens (tertiary/aromatic N) is 1. The smallest absolute Gasteiger partial charge is 0.320 e. The van der Waals surface area contributed by atoms with Crippen molar-refractivity contribution in [3.05, 3.63) is 0 Å². The van der Waals surface area contributed by atoms with E-state index in [2.05, 4.69) is 10.6 Å². The Morgan fingerprint density at radius 3 is 2.40 bits per heavy atom. The molecular formula is C13H21N3O4. The Balaban J connectivity index is 1.69. The molecule has 0 radical (unpaired) electrons. The molecular weight excluding hydrogens is 262 g/mol. The van der Waals surface area contributed by atoms with Gasteiger partial charge >= 0.3 is 5.97 Å². The summed E-state index contributed by atoms with van der Waals surface area (Å²) in [6.07, 6.45) is 3.79. The van der Waals surface area contributed by atoms with Gasteiger partial charge in [0.05, 0.1) is 13.1 Å². The van der Waals surface area contributed by atoms with Gasteiger partial charge in [-0.05, 0) is 31.6 Å². The fourth-order valence-corrected chi connectivity index (χ4v) is 2.02. The molecule has 1 unspecified atom stereocenters. The largest absolute Gasteiger partial charge is 0.480 e. The van der Waals surface area contributed by atoms with Gasteiger partial charge in [-0.25, -0.2) is 0 Å². The van der Waals surface area contributed by atoms with Crippen LogP contribution in [0.1, 0.15) is 25.7 Å². The highest BCUT2D eigenvalue weighted by atomic mass is 16.4. The van der Waals surface area contributed by atoms with Crippen molar-refractivity contribution in [3.63, 3.8) is 0 Å². The van der Waals surface area contributed by atoms with E-state index in [0.717, 1.165) is 25.7 Å². The van der Waals surface area contributed by atoms with E-state index in [1.165, 1.54) is 4.90 Å². The van der Waals surface area contributed by atoms with Crippen molar-refractivity contribution in [2.24, 2.45) is 5.92 Å². The first-order valence-corrected chi connectivity index (χ1v) is 6.97. The van der Waals surface area contributed by atoms with Gasteiger partial charge in [0.2, 0.25) is 11.8 Å². The number of hydrogen-bond acceptors (Lipinski definition) is 4. The normalized spacial score (nSPS) is 19.2. The minimum Gasteiger partial charge on any atom is -0.480 e. The Kier molecular flexibility index (Phi) is 4.59. The first-order chi connectivity index (χ1) is 9.47. The van der Waals surface area contributed by atoms with Gasteiger partial charge in [-0.15, -0.1) is 0 Å². The van der Waals surface area contributed by atoms with Gasteiger partial charge in [0.1, 0.15) is 6.04 Å². The SMILES string of the molecule is CN(CC(=O)NC1CC1)C(=O)CNC(C(=O)O)C1CC1. The van der Waals surface area contributed by atoms with Crippen LogP contribution in [-0.2, 0) is 14.4 Å². The second-order valence-electron chi connectivity index (χ2n) is 5.63. The molecule has 0 heterocycles. The second kappa shape index (κ2) is 6.21. The van der Waals surface area contributed by atoms with Gasteiger partial charge in [0.15, 0.2) is 0 Å². The van der Waals surface area contributed by atoms with Crippen molar-refractivity contribution in [3.8, 4) is 0 Å². The molecule has 0 aromatic heterocycles. The maximum absolute atomic E-state index is 11.8. The molecule has 1 atom stereocenters. The molecule has 2 aliphatic carbocycles. The summed E-state index contributed by atoms with van der Waals surface area (Å²) in [6.45, 7) is -0.0428. The fourth-order valence-electron chi connectivity index (χ4n) is 2.02. The van der Waals surface area contributed by atoms with E-state index in [4.69, 9.17) is 5.11 Å².